The highest BCUT2D eigenvalue weighted by molar-refractivity contribution is 5.67. The van der Waals surface area contributed by atoms with Gasteiger partial charge in [-0.1, -0.05) is 23.8 Å². The van der Waals surface area contributed by atoms with E-state index in [1.165, 1.54) is 5.56 Å². The second-order valence-electron chi connectivity index (χ2n) is 4.14. The number of carboxylic acid groups (broad SMARTS) is 1. The minimum Gasteiger partial charge on any atom is -0.480 e. The van der Waals surface area contributed by atoms with Crippen molar-refractivity contribution in [2.45, 2.75) is 20.4 Å². The van der Waals surface area contributed by atoms with E-state index < -0.39 is 5.97 Å². The molecular formula is C13H14N2O2. The first-order chi connectivity index (χ1) is 8.06. The maximum atomic E-state index is 10.6. The average Bonchev–Trinajstić information content (AvgIpc) is 2.65. The number of carbonyl (C=O) groups is 1. The summed E-state index contributed by atoms with van der Waals surface area (Å²) in [4.78, 5) is 14.8. The van der Waals surface area contributed by atoms with Crippen LogP contribution in [0.25, 0.3) is 11.3 Å². The molecule has 0 aliphatic carbocycles. The first-order valence-corrected chi connectivity index (χ1v) is 5.37. The monoisotopic (exact) mass is 230 g/mol. The Kier molecular flexibility index (Phi) is 2.95. The minimum atomic E-state index is -0.866. The molecule has 0 radical (unpaired) electrons. The molecule has 0 aliphatic rings. The second kappa shape index (κ2) is 4.41. The molecule has 4 heteroatoms. The van der Waals surface area contributed by atoms with Crippen molar-refractivity contribution >= 4 is 5.97 Å². The van der Waals surface area contributed by atoms with Gasteiger partial charge >= 0.3 is 5.97 Å². The lowest BCUT2D eigenvalue weighted by atomic mass is 10.0. The number of aryl methyl sites for hydroxylation is 2. The molecule has 1 aromatic heterocycles. The largest absolute Gasteiger partial charge is 0.480 e. The lowest BCUT2D eigenvalue weighted by Crippen LogP contribution is -2.06. The SMILES string of the molecule is Cc1ccc(-c2cn(CC(=O)O)cn2)c(C)c1. The quantitative estimate of drug-likeness (QED) is 0.879. The Morgan fingerprint density at radius 2 is 2.18 bits per heavy atom. The van der Waals surface area contributed by atoms with Crippen molar-refractivity contribution in [1.82, 2.24) is 9.55 Å². The summed E-state index contributed by atoms with van der Waals surface area (Å²) < 4.78 is 1.57. The van der Waals surface area contributed by atoms with Gasteiger partial charge in [-0.05, 0) is 19.4 Å². The molecule has 0 spiro atoms. The maximum Gasteiger partial charge on any atom is 0.323 e. The number of aliphatic carboxylic acids is 1. The summed E-state index contributed by atoms with van der Waals surface area (Å²) in [5, 5.41) is 8.69. The van der Waals surface area contributed by atoms with Crippen LogP contribution in [-0.4, -0.2) is 20.6 Å². The molecule has 0 unspecified atom stereocenters. The van der Waals surface area contributed by atoms with Crippen LogP contribution in [0.15, 0.2) is 30.7 Å². The normalized spacial score (nSPS) is 10.5. The molecule has 1 N–H and O–H groups in total. The van der Waals surface area contributed by atoms with E-state index in [1.807, 2.05) is 26.0 Å². The van der Waals surface area contributed by atoms with Crippen molar-refractivity contribution in [3.8, 4) is 11.3 Å². The molecule has 1 heterocycles. The van der Waals surface area contributed by atoms with Crippen molar-refractivity contribution in [2.75, 3.05) is 0 Å². The smallest absolute Gasteiger partial charge is 0.323 e. The predicted octanol–water partition coefficient (Wildman–Crippen LogP) is 2.25. The first kappa shape index (κ1) is 11.4. The fourth-order valence-corrected chi connectivity index (χ4v) is 1.84. The lowest BCUT2D eigenvalue weighted by Gasteiger charge is -2.03. The molecule has 0 bridgehead atoms. The molecule has 2 aromatic rings. The van der Waals surface area contributed by atoms with Crippen LogP contribution in [0.1, 0.15) is 11.1 Å². The van der Waals surface area contributed by atoms with E-state index in [9.17, 15) is 4.79 Å². The summed E-state index contributed by atoms with van der Waals surface area (Å²) >= 11 is 0. The van der Waals surface area contributed by atoms with Gasteiger partial charge in [-0.2, -0.15) is 0 Å². The van der Waals surface area contributed by atoms with E-state index >= 15 is 0 Å². The van der Waals surface area contributed by atoms with Crippen molar-refractivity contribution in [3.05, 3.63) is 41.9 Å². The molecule has 17 heavy (non-hydrogen) atoms. The van der Waals surface area contributed by atoms with Crippen LogP contribution in [0.2, 0.25) is 0 Å². The number of aromatic nitrogens is 2. The molecule has 88 valence electrons. The van der Waals surface area contributed by atoms with Crippen LogP contribution in [0.4, 0.5) is 0 Å². The van der Waals surface area contributed by atoms with Gasteiger partial charge in [-0.15, -0.1) is 0 Å². The molecule has 0 fully saturated rings. The molecule has 1 aromatic carbocycles. The zero-order valence-electron chi connectivity index (χ0n) is 9.84. The first-order valence-electron chi connectivity index (χ1n) is 5.37. The van der Waals surface area contributed by atoms with E-state index in [4.69, 9.17) is 5.11 Å². The molecule has 0 atom stereocenters. The fourth-order valence-electron chi connectivity index (χ4n) is 1.84. The predicted molar refractivity (Wildman–Crippen MR) is 64.8 cm³/mol. The Morgan fingerprint density at radius 3 is 2.82 bits per heavy atom. The van der Waals surface area contributed by atoms with Gasteiger partial charge in [0.1, 0.15) is 6.54 Å². The Labute approximate surface area is 99.5 Å². The number of imidazole rings is 1. The molecule has 0 saturated carbocycles. The lowest BCUT2D eigenvalue weighted by molar-refractivity contribution is -0.137. The van der Waals surface area contributed by atoms with E-state index in [-0.39, 0.29) is 6.54 Å². The van der Waals surface area contributed by atoms with E-state index in [0.717, 1.165) is 16.8 Å². The summed E-state index contributed by atoms with van der Waals surface area (Å²) in [5.41, 5.74) is 4.20. The van der Waals surface area contributed by atoms with Gasteiger partial charge < -0.3 is 9.67 Å². The highest BCUT2D eigenvalue weighted by atomic mass is 16.4. The second-order valence-corrected chi connectivity index (χ2v) is 4.14. The zero-order valence-corrected chi connectivity index (χ0v) is 9.84. The third-order valence-corrected chi connectivity index (χ3v) is 2.61. The molecular weight excluding hydrogens is 216 g/mol. The Hall–Kier alpha value is -2.10. The van der Waals surface area contributed by atoms with Crippen molar-refractivity contribution in [1.29, 1.82) is 0 Å². The number of carboxylic acids is 1. The molecule has 4 nitrogen and oxygen atoms in total. The Bertz CT molecular complexity index is 558. The highest BCUT2D eigenvalue weighted by Crippen LogP contribution is 2.22. The number of nitrogens with zero attached hydrogens (tertiary/aromatic N) is 2. The zero-order chi connectivity index (χ0) is 12.4. The van der Waals surface area contributed by atoms with Crippen LogP contribution in [0.5, 0.6) is 0 Å². The topological polar surface area (TPSA) is 55.1 Å². The number of benzene rings is 1. The van der Waals surface area contributed by atoms with Gasteiger partial charge in [-0.25, -0.2) is 4.98 Å². The standard InChI is InChI=1S/C13H14N2O2/c1-9-3-4-11(10(2)5-9)12-6-15(8-14-12)7-13(16)17/h3-6,8H,7H2,1-2H3,(H,16,17). The Balaban J connectivity index is 2.33. The Morgan fingerprint density at radius 1 is 1.41 bits per heavy atom. The molecule has 0 saturated heterocycles. The minimum absolute atomic E-state index is 0.0576. The summed E-state index contributed by atoms with van der Waals surface area (Å²) in [6.07, 6.45) is 3.30. The van der Waals surface area contributed by atoms with Crippen molar-refractivity contribution in [2.24, 2.45) is 0 Å². The molecule has 2 rings (SSSR count). The third-order valence-electron chi connectivity index (χ3n) is 2.61. The van der Waals surface area contributed by atoms with E-state index in [1.54, 1.807) is 17.1 Å². The number of hydrogen-bond donors (Lipinski definition) is 1. The number of rotatable bonds is 3. The van der Waals surface area contributed by atoms with Crippen LogP contribution in [0.3, 0.4) is 0 Å². The van der Waals surface area contributed by atoms with Gasteiger partial charge in [0.15, 0.2) is 0 Å². The van der Waals surface area contributed by atoms with Gasteiger partial charge in [0.05, 0.1) is 12.0 Å². The third kappa shape index (κ3) is 2.53. The number of hydrogen-bond acceptors (Lipinski definition) is 2. The van der Waals surface area contributed by atoms with Crippen LogP contribution in [0, 0.1) is 13.8 Å². The van der Waals surface area contributed by atoms with Gasteiger partial charge in [0.25, 0.3) is 0 Å². The highest BCUT2D eigenvalue weighted by Gasteiger charge is 2.07. The molecule has 0 amide bonds. The van der Waals surface area contributed by atoms with Crippen molar-refractivity contribution < 1.29 is 9.90 Å². The maximum absolute atomic E-state index is 10.6. The van der Waals surface area contributed by atoms with Crippen LogP contribution < -0.4 is 0 Å². The summed E-state index contributed by atoms with van der Waals surface area (Å²) in [6.45, 7) is 4.01. The van der Waals surface area contributed by atoms with Gasteiger partial charge in [0.2, 0.25) is 0 Å². The summed E-state index contributed by atoms with van der Waals surface area (Å²) in [5.74, 6) is -0.866. The fraction of sp³-hybridized carbons (Fsp3) is 0.231. The van der Waals surface area contributed by atoms with Gasteiger partial charge in [0, 0.05) is 11.8 Å². The van der Waals surface area contributed by atoms with E-state index in [0.29, 0.717) is 0 Å². The van der Waals surface area contributed by atoms with Crippen LogP contribution >= 0.6 is 0 Å². The average molecular weight is 230 g/mol. The summed E-state index contributed by atoms with van der Waals surface area (Å²) in [7, 11) is 0. The molecule has 0 aliphatic heterocycles. The van der Waals surface area contributed by atoms with E-state index in [2.05, 4.69) is 11.1 Å². The van der Waals surface area contributed by atoms with Crippen LogP contribution in [-0.2, 0) is 11.3 Å². The van der Waals surface area contributed by atoms with Crippen molar-refractivity contribution in [3.63, 3.8) is 0 Å². The van der Waals surface area contributed by atoms with Gasteiger partial charge in [-0.3, -0.25) is 4.79 Å². The summed E-state index contributed by atoms with van der Waals surface area (Å²) in [6, 6.07) is 6.13.